The van der Waals surface area contributed by atoms with E-state index < -0.39 is 6.09 Å². The molecule has 0 unspecified atom stereocenters. The minimum Gasteiger partial charge on any atom is -0.494 e. The van der Waals surface area contributed by atoms with E-state index in [1.165, 1.54) is 12.8 Å². The number of carbonyl (C=O) groups is 1. The highest BCUT2D eigenvalue weighted by Gasteiger charge is 2.27. The number of hydrogen-bond donors (Lipinski definition) is 1. The zero-order chi connectivity index (χ0) is 22.8. The number of benzene rings is 2. The Balaban J connectivity index is 1.46. The number of nitrogens with one attached hydrogen (secondary N) is 1. The van der Waals surface area contributed by atoms with Gasteiger partial charge in [0.15, 0.2) is 0 Å². The number of anilines is 1. The number of fused-ring (bicyclic) bond motifs is 1. The van der Waals surface area contributed by atoms with Crippen molar-refractivity contribution in [2.24, 2.45) is 5.92 Å². The molecule has 1 heterocycles. The highest BCUT2D eigenvalue weighted by molar-refractivity contribution is 5.95. The van der Waals surface area contributed by atoms with Crippen molar-refractivity contribution >= 4 is 22.7 Å². The van der Waals surface area contributed by atoms with Gasteiger partial charge in [0.1, 0.15) is 17.9 Å². The Hall–Kier alpha value is -3.46. The van der Waals surface area contributed by atoms with Gasteiger partial charge in [-0.3, -0.25) is 5.32 Å². The van der Waals surface area contributed by atoms with Gasteiger partial charge in [-0.2, -0.15) is 5.26 Å². The van der Waals surface area contributed by atoms with Gasteiger partial charge in [0.25, 0.3) is 0 Å². The summed E-state index contributed by atoms with van der Waals surface area (Å²) in [6.45, 7) is 3.46. The van der Waals surface area contributed by atoms with Crippen molar-refractivity contribution < 1.29 is 14.3 Å². The van der Waals surface area contributed by atoms with Crippen LogP contribution in [0.4, 0.5) is 10.5 Å². The van der Waals surface area contributed by atoms with Gasteiger partial charge < -0.3 is 14.0 Å². The Labute approximate surface area is 194 Å². The van der Waals surface area contributed by atoms with Crippen molar-refractivity contribution in [3.63, 3.8) is 0 Å². The summed E-state index contributed by atoms with van der Waals surface area (Å²) in [7, 11) is 0. The topological polar surface area (TPSA) is 76.3 Å². The summed E-state index contributed by atoms with van der Waals surface area (Å²) in [5, 5.41) is 13.8. The molecule has 2 fully saturated rings. The number of nitrogens with zero attached hydrogens (tertiary/aromatic N) is 2. The van der Waals surface area contributed by atoms with Gasteiger partial charge in [0.05, 0.1) is 23.4 Å². The number of ether oxygens (including phenoxy) is 2. The molecular weight excluding hydrogens is 414 g/mol. The summed E-state index contributed by atoms with van der Waals surface area (Å²) < 4.78 is 13.5. The van der Waals surface area contributed by atoms with Crippen LogP contribution in [-0.4, -0.2) is 23.4 Å². The molecule has 0 bridgehead atoms. The molecule has 2 aromatic carbocycles. The van der Waals surface area contributed by atoms with E-state index in [1.54, 1.807) is 0 Å². The average molecular weight is 444 g/mol. The average Bonchev–Trinajstić information content (AvgIpc) is 3.39. The second kappa shape index (κ2) is 9.19. The molecule has 3 aromatic rings. The van der Waals surface area contributed by atoms with Gasteiger partial charge in [0.2, 0.25) is 0 Å². The Kier molecular flexibility index (Phi) is 5.95. The van der Waals surface area contributed by atoms with Crippen LogP contribution in [0.15, 0.2) is 42.5 Å². The fourth-order valence-corrected chi connectivity index (χ4v) is 4.76. The minimum absolute atomic E-state index is 0.0298. The van der Waals surface area contributed by atoms with E-state index in [-0.39, 0.29) is 6.10 Å². The fourth-order valence-electron chi connectivity index (χ4n) is 4.76. The van der Waals surface area contributed by atoms with E-state index in [0.29, 0.717) is 23.8 Å². The monoisotopic (exact) mass is 443 g/mol. The van der Waals surface area contributed by atoms with Crippen LogP contribution in [0.1, 0.15) is 51.0 Å². The molecule has 6 heteroatoms. The first-order valence-electron chi connectivity index (χ1n) is 11.9. The van der Waals surface area contributed by atoms with E-state index in [4.69, 9.17) is 9.47 Å². The predicted octanol–water partition coefficient (Wildman–Crippen LogP) is 6.48. The molecular formula is C27H29N3O3. The largest absolute Gasteiger partial charge is 0.494 e. The van der Waals surface area contributed by atoms with Crippen molar-refractivity contribution in [1.82, 2.24) is 4.57 Å². The lowest BCUT2D eigenvalue weighted by molar-refractivity contribution is 0.114. The number of aromatic nitrogens is 1. The lowest BCUT2D eigenvalue weighted by Crippen LogP contribution is -2.20. The number of nitriles is 1. The van der Waals surface area contributed by atoms with E-state index >= 15 is 0 Å². The highest BCUT2D eigenvalue weighted by Crippen LogP contribution is 2.39. The van der Waals surface area contributed by atoms with Crippen LogP contribution in [0.3, 0.4) is 0 Å². The molecule has 0 aliphatic heterocycles. The molecule has 2 saturated carbocycles. The van der Waals surface area contributed by atoms with Gasteiger partial charge in [-0.1, -0.05) is 12.1 Å². The smallest absolute Gasteiger partial charge is 0.411 e. The molecule has 33 heavy (non-hydrogen) atoms. The molecule has 1 amide bonds. The quantitative estimate of drug-likeness (QED) is 0.453. The van der Waals surface area contributed by atoms with Crippen LogP contribution in [0.25, 0.3) is 22.2 Å². The third-order valence-electron chi connectivity index (χ3n) is 6.58. The van der Waals surface area contributed by atoms with Crippen molar-refractivity contribution in [3.05, 3.63) is 48.0 Å². The third kappa shape index (κ3) is 4.54. The zero-order valence-corrected chi connectivity index (χ0v) is 19.0. The normalized spacial score (nSPS) is 16.0. The molecule has 0 atom stereocenters. The van der Waals surface area contributed by atoms with Gasteiger partial charge in [-0.15, -0.1) is 0 Å². The second-order valence-corrected chi connectivity index (χ2v) is 9.02. The van der Waals surface area contributed by atoms with Crippen molar-refractivity contribution in [2.75, 3.05) is 11.9 Å². The Morgan fingerprint density at radius 1 is 1.12 bits per heavy atom. The summed E-state index contributed by atoms with van der Waals surface area (Å²) >= 11 is 0. The SMILES string of the molecule is CCOc1ccc2c(C#N)c(-c3ccc(NC(=O)OC4CCCC4)cc3)n(CC3CC3)c2c1. The number of amides is 1. The summed E-state index contributed by atoms with van der Waals surface area (Å²) in [6, 6.07) is 16.1. The number of carbonyl (C=O) groups excluding carboxylic acids is 1. The highest BCUT2D eigenvalue weighted by atomic mass is 16.6. The maximum atomic E-state index is 12.2. The van der Waals surface area contributed by atoms with Gasteiger partial charge in [0, 0.05) is 23.7 Å². The van der Waals surface area contributed by atoms with Crippen molar-refractivity contribution in [3.8, 4) is 23.1 Å². The van der Waals surface area contributed by atoms with Crippen molar-refractivity contribution in [1.29, 1.82) is 5.26 Å². The van der Waals surface area contributed by atoms with Crippen LogP contribution in [0, 0.1) is 17.2 Å². The maximum absolute atomic E-state index is 12.2. The first kappa shape index (κ1) is 21.4. The number of hydrogen-bond acceptors (Lipinski definition) is 4. The summed E-state index contributed by atoms with van der Waals surface area (Å²) in [5.74, 6) is 1.46. The second-order valence-electron chi connectivity index (χ2n) is 9.02. The first-order valence-corrected chi connectivity index (χ1v) is 11.9. The Bertz CT molecular complexity index is 1200. The summed E-state index contributed by atoms with van der Waals surface area (Å²) in [6.07, 6.45) is 6.19. The third-order valence-corrected chi connectivity index (χ3v) is 6.58. The molecule has 1 N–H and O–H groups in total. The summed E-state index contributed by atoms with van der Waals surface area (Å²) in [5.41, 5.74) is 4.27. The van der Waals surface area contributed by atoms with E-state index in [1.807, 2.05) is 49.4 Å². The number of rotatable bonds is 7. The minimum atomic E-state index is -0.404. The fraction of sp³-hybridized carbons (Fsp3) is 0.407. The van der Waals surface area contributed by atoms with Crippen LogP contribution in [-0.2, 0) is 11.3 Å². The lowest BCUT2D eigenvalue weighted by Gasteiger charge is -2.14. The van der Waals surface area contributed by atoms with Gasteiger partial charge in [-0.25, -0.2) is 4.79 Å². The molecule has 5 rings (SSSR count). The van der Waals surface area contributed by atoms with Crippen LogP contribution in [0.2, 0.25) is 0 Å². The zero-order valence-electron chi connectivity index (χ0n) is 19.0. The van der Waals surface area contributed by atoms with Crippen LogP contribution in [0.5, 0.6) is 5.75 Å². The van der Waals surface area contributed by atoms with Crippen LogP contribution < -0.4 is 10.1 Å². The van der Waals surface area contributed by atoms with E-state index in [0.717, 1.165) is 60.1 Å². The Morgan fingerprint density at radius 3 is 2.55 bits per heavy atom. The molecule has 1 aromatic heterocycles. The van der Waals surface area contributed by atoms with Crippen LogP contribution >= 0.6 is 0 Å². The van der Waals surface area contributed by atoms with Crippen molar-refractivity contribution in [2.45, 2.75) is 58.1 Å². The van der Waals surface area contributed by atoms with Gasteiger partial charge in [-0.05, 0) is 81.2 Å². The molecule has 6 nitrogen and oxygen atoms in total. The van der Waals surface area contributed by atoms with Gasteiger partial charge >= 0.3 is 6.09 Å². The summed E-state index contributed by atoms with van der Waals surface area (Å²) in [4.78, 5) is 12.2. The lowest BCUT2D eigenvalue weighted by atomic mass is 10.1. The first-order chi connectivity index (χ1) is 16.2. The molecule has 2 aliphatic rings. The Morgan fingerprint density at radius 2 is 1.88 bits per heavy atom. The molecule has 170 valence electrons. The molecule has 2 aliphatic carbocycles. The standard InChI is InChI=1S/C27H29N3O3/c1-2-32-22-13-14-23-24(16-28)26(30(25(23)15-22)17-18-7-8-18)19-9-11-20(12-10-19)29-27(31)33-21-5-3-4-6-21/h9-15,18,21H,2-8,17H2,1H3,(H,29,31). The van der Waals surface area contributed by atoms with E-state index in [2.05, 4.69) is 16.0 Å². The predicted molar refractivity (Wildman–Crippen MR) is 128 cm³/mol. The molecule has 0 spiro atoms. The molecule has 0 saturated heterocycles. The maximum Gasteiger partial charge on any atom is 0.411 e. The van der Waals surface area contributed by atoms with E-state index in [9.17, 15) is 10.1 Å². The molecule has 0 radical (unpaired) electrons.